The second-order valence-corrected chi connectivity index (χ2v) is 1.39. The number of rotatable bonds is 2. The molecule has 0 radical (unpaired) electrons. The van der Waals surface area contributed by atoms with Crippen molar-refractivity contribution in [2.45, 2.75) is 0 Å². The number of nitrogens with zero attached hydrogens (tertiary/aromatic N) is 2. The second-order valence-electron chi connectivity index (χ2n) is 1.39. The van der Waals surface area contributed by atoms with Crippen molar-refractivity contribution >= 4 is 0 Å². The molecule has 40 valence electrons. The molecule has 0 atom stereocenters. The SMILES string of the molecule is CN(C)NCC#N. The maximum atomic E-state index is 7.98. The van der Waals surface area contributed by atoms with E-state index in [0.29, 0.717) is 6.54 Å². The Morgan fingerprint density at radius 3 is 2.43 bits per heavy atom. The van der Waals surface area contributed by atoms with E-state index in [4.69, 9.17) is 5.26 Å². The van der Waals surface area contributed by atoms with Gasteiger partial charge in [-0.05, 0) is 0 Å². The molecule has 0 saturated heterocycles. The number of nitrogens with one attached hydrogen (secondary N) is 1. The Morgan fingerprint density at radius 1 is 1.71 bits per heavy atom. The molecule has 3 heteroatoms. The quantitative estimate of drug-likeness (QED) is 0.377. The molecule has 0 bridgehead atoms. The van der Waals surface area contributed by atoms with Gasteiger partial charge in [0.05, 0.1) is 12.6 Å². The van der Waals surface area contributed by atoms with E-state index in [-0.39, 0.29) is 0 Å². The molecule has 0 aromatic rings. The predicted molar refractivity (Wildman–Crippen MR) is 27.3 cm³/mol. The highest BCUT2D eigenvalue weighted by Crippen LogP contribution is 1.57. The number of hydrogen-bond acceptors (Lipinski definition) is 3. The van der Waals surface area contributed by atoms with Crippen molar-refractivity contribution in [2.24, 2.45) is 0 Å². The molecule has 0 saturated carbocycles. The summed E-state index contributed by atoms with van der Waals surface area (Å²) in [6.07, 6.45) is 0. The molecule has 0 aliphatic heterocycles. The summed E-state index contributed by atoms with van der Waals surface area (Å²) in [5.74, 6) is 0. The Kier molecular flexibility index (Phi) is 3.29. The van der Waals surface area contributed by atoms with E-state index in [9.17, 15) is 0 Å². The van der Waals surface area contributed by atoms with E-state index < -0.39 is 0 Å². The first-order valence-electron chi connectivity index (χ1n) is 2.05. The van der Waals surface area contributed by atoms with Crippen LogP contribution in [0.15, 0.2) is 0 Å². The highest BCUT2D eigenvalue weighted by molar-refractivity contribution is 4.70. The molecule has 0 spiro atoms. The summed E-state index contributed by atoms with van der Waals surface area (Å²) < 4.78 is 0. The van der Waals surface area contributed by atoms with E-state index in [1.807, 2.05) is 20.2 Å². The van der Waals surface area contributed by atoms with Gasteiger partial charge in [0.25, 0.3) is 0 Å². The zero-order valence-corrected chi connectivity index (χ0v) is 4.60. The maximum absolute atomic E-state index is 7.98. The lowest BCUT2D eigenvalue weighted by Gasteiger charge is -2.05. The molecule has 0 fully saturated rings. The van der Waals surface area contributed by atoms with Crippen LogP contribution in [0.25, 0.3) is 0 Å². The van der Waals surface area contributed by atoms with Gasteiger partial charge >= 0.3 is 0 Å². The average molecular weight is 99.1 g/mol. The van der Waals surface area contributed by atoms with Gasteiger partial charge in [-0.1, -0.05) is 0 Å². The van der Waals surface area contributed by atoms with E-state index >= 15 is 0 Å². The Bertz CT molecular complexity index is 71.5. The van der Waals surface area contributed by atoms with Crippen LogP contribution in [0.4, 0.5) is 0 Å². The normalized spacial score (nSPS) is 8.86. The number of hydrazine groups is 1. The van der Waals surface area contributed by atoms with Crippen LogP contribution in [0.1, 0.15) is 0 Å². The first kappa shape index (κ1) is 6.41. The van der Waals surface area contributed by atoms with Crippen LogP contribution >= 0.6 is 0 Å². The molecule has 0 unspecified atom stereocenters. The molecule has 1 N–H and O–H groups in total. The number of nitriles is 1. The fourth-order valence-electron chi connectivity index (χ4n) is 0.193. The highest BCUT2D eigenvalue weighted by Gasteiger charge is 1.80. The molecule has 0 aliphatic carbocycles. The fourth-order valence-corrected chi connectivity index (χ4v) is 0.193. The van der Waals surface area contributed by atoms with Crippen molar-refractivity contribution in [1.82, 2.24) is 10.4 Å². The standard InChI is InChI=1S/C4H9N3/c1-7(2)6-4-3-5/h6H,4H2,1-2H3. The zero-order valence-electron chi connectivity index (χ0n) is 4.60. The molecular formula is C4H9N3. The summed E-state index contributed by atoms with van der Waals surface area (Å²) in [6, 6.07) is 1.95. The highest BCUT2D eigenvalue weighted by atomic mass is 15.5. The molecule has 7 heavy (non-hydrogen) atoms. The zero-order chi connectivity index (χ0) is 5.70. The Hall–Kier alpha value is -0.590. The summed E-state index contributed by atoms with van der Waals surface area (Å²) in [5, 5.41) is 9.72. The minimum Gasteiger partial charge on any atom is -0.250 e. The van der Waals surface area contributed by atoms with Crippen LogP contribution < -0.4 is 5.43 Å². The predicted octanol–water partition coefficient (Wildman–Crippen LogP) is -0.424. The molecule has 0 aromatic carbocycles. The first-order valence-corrected chi connectivity index (χ1v) is 2.05. The topological polar surface area (TPSA) is 39.1 Å². The monoisotopic (exact) mass is 99.1 g/mol. The Labute approximate surface area is 43.5 Å². The maximum Gasteiger partial charge on any atom is 0.0974 e. The second kappa shape index (κ2) is 3.59. The lowest BCUT2D eigenvalue weighted by molar-refractivity contribution is 0.308. The lowest BCUT2D eigenvalue weighted by atomic mass is 10.8. The fraction of sp³-hybridized carbons (Fsp3) is 0.750. The smallest absolute Gasteiger partial charge is 0.0974 e. The van der Waals surface area contributed by atoms with Gasteiger partial charge in [-0.25, -0.2) is 10.4 Å². The van der Waals surface area contributed by atoms with Crippen LogP contribution in [0.5, 0.6) is 0 Å². The van der Waals surface area contributed by atoms with Gasteiger partial charge in [-0.2, -0.15) is 5.26 Å². The van der Waals surface area contributed by atoms with E-state index in [1.54, 1.807) is 5.01 Å². The first-order chi connectivity index (χ1) is 3.27. The molecule has 0 aliphatic rings. The van der Waals surface area contributed by atoms with Crippen molar-refractivity contribution in [2.75, 3.05) is 20.6 Å². The summed E-state index contributed by atoms with van der Waals surface area (Å²) >= 11 is 0. The lowest BCUT2D eigenvalue weighted by Crippen LogP contribution is -2.30. The van der Waals surface area contributed by atoms with Crippen LogP contribution in [0, 0.1) is 11.3 Å². The van der Waals surface area contributed by atoms with Gasteiger partial charge in [-0.3, -0.25) is 0 Å². The summed E-state index contributed by atoms with van der Waals surface area (Å²) in [4.78, 5) is 0. The Balaban J connectivity index is 2.86. The molecule has 0 heterocycles. The van der Waals surface area contributed by atoms with Crippen LogP contribution in [0.3, 0.4) is 0 Å². The molecule has 3 nitrogen and oxygen atoms in total. The van der Waals surface area contributed by atoms with Crippen molar-refractivity contribution < 1.29 is 0 Å². The molecule has 0 rings (SSSR count). The van der Waals surface area contributed by atoms with Crippen molar-refractivity contribution in [3.05, 3.63) is 0 Å². The largest absolute Gasteiger partial charge is 0.250 e. The minimum atomic E-state index is 0.382. The third kappa shape index (κ3) is 5.41. The van der Waals surface area contributed by atoms with Gasteiger partial charge in [0.15, 0.2) is 0 Å². The van der Waals surface area contributed by atoms with Crippen LogP contribution in [-0.2, 0) is 0 Å². The third-order valence-electron chi connectivity index (χ3n) is 0.474. The van der Waals surface area contributed by atoms with Crippen molar-refractivity contribution in [3.63, 3.8) is 0 Å². The third-order valence-corrected chi connectivity index (χ3v) is 0.474. The van der Waals surface area contributed by atoms with Gasteiger partial charge in [0.1, 0.15) is 0 Å². The van der Waals surface area contributed by atoms with Gasteiger partial charge in [0.2, 0.25) is 0 Å². The summed E-state index contributed by atoms with van der Waals surface area (Å²) in [6.45, 7) is 0.382. The van der Waals surface area contributed by atoms with Gasteiger partial charge in [0, 0.05) is 14.1 Å². The summed E-state index contributed by atoms with van der Waals surface area (Å²) in [5.41, 5.74) is 2.77. The average Bonchev–Trinajstić information content (AvgIpc) is 1.61. The van der Waals surface area contributed by atoms with E-state index in [1.165, 1.54) is 0 Å². The summed E-state index contributed by atoms with van der Waals surface area (Å²) in [7, 11) is 3.69. The molecular weight excluding hydrogens is 90.1 g/mol. The van der Waals surface area contributed by atoms with Gasteiger partial charge < -0.3 is 0 Å². The van der Waals surface area contributed by atoms with Crippen molar-refractivity contribution in [1.29, 1.82) is 5.26 Å². The van der Waals surface area contributed by atoms with Gasteiger partial charge in [-0.15, -0.1) is 0 Å². The van der Waals surface area contributed by atoms with Crippen LogP contribution in [0.2, 0.25) is 0 Å². The molecule has 0 amide bonds. The van der Waals surface area contributed by atoms with E-state index in [2.05, 4.69) is 5.43 Å². The van der Waals surface area contributed by atoms with E-state index in [0.717, 1.165) is 0 Å². The minimum absolute atomic E-state index is 0.382. The molecule has 0 aromatic heterocycles. The Morgan fingerprint density at radius 2 is 2.29 bits per heavy atom. The van der Waals surface area contributed by atoms with Crippen molar-refractivity contribution in [3.8, 4) is 6.07 Å². The van der Waals surface area contributed by atoms with Crippen LogP contribution in [-0.4, -0.2) is 25.6 Å². The number of hydrogen-bond donors (Lipinski definition) is 1.